The number of aromatic nitrogens is 3. The van der Waals surface area contributed by atoms with E-state index in [1.54, 1.807) is 37.1 Å². The molecule has 1 N–H and O–H groups in total. The molecule has 0 saturated carbocycles. The smallest absolute Gasteiger partial charge is 0.295 e. The number of benzene rings is 3. The number of ether oxygens (including phenoxy) is 2. The second-order valence-electron chi connectivity index (χ2n) is 7.78. The number of anilines is 1. The monoisotopic (exact) mass is 442 g/mol. The molecule has 3 aromatic carbocycles. The molecule has 7 nitrogen and oxygen atoms in total. The first-order valence-corrected chi connectivity index (χ1v) is 10.6. The SMILES string of the molecule is COc1ccc(OC)c(NC(=O)c2nc(-c3ccc(C)cc3)n(-c3cccc(C)c3C)n2)c1. The van der Waals surface area contributed by atoms with Gasteiger partial charge in [-0.25, -0.2) is 9.67 Å². The van der Waals surface area contributed by atoms with Crippen LogP contribution in [0.5, 0.6) is 11.5 Å². The zero-order valence-electron chi connectivity index (χ0n) is 19.3. The molecule has 4 aromatic rings. The van der Waals surface area contributed by atoms with Crippen LogP contribution in [-0.4, -0.2) is 34.9 Å². The molecule has 0 unspecified atom stereocenters. The van der Waals surface area contributed by atoms with Crippen LogP contribution in [0, 0.1) is 20.8 Å². The Hall–Kier alpha value is -4.13. The van der Waals surface area contributed by atoms with Gasteiger partial charge in [0, 0.05) is 11.6 Å². The number of nitrogens with one attached hydrogen (secondary N) is 1. The molecule has 0 radical (unpaired) electrons. The topological polar surface area (TPSA) is 78.3 Å². The van der Waals surface area contributed by atoms with E-state index < -0.39 is 5.91 Å². The second kappa shape index (κ2) is 9.16. The highest BCUT2D eigenvalue weighted by molar-refractivity contribution is 6.02. The third-order valence-corrected chi connectivity index (χ3v) is 5.58. The highest BCUT2D eigenvalue weighted by atomic mass is 16.5. The van der Waals surface area contributed by atoms with Crippen LogP contribution >= 0.6 is 0 Å². The van der Waals surface area contributed by atoms with E-state index in [9.17, 15) is 4.79 Å². The summed E-state index contributed by atoms with van der Waals surface area (Å²) in [5.74, 6) is 1.30. The van der Waals surface area contributed by atoms with Crippen LogP contribution in [0.25, 0.3) is 17.1 Å². The molecule has 7 heteroatoms. The zero-order valence-corrected chi connectivity index (χ0v) is 19.3. The van der Waals surface area contributed by atoms with Gasteiger partial charge in [0.2, 0.25) is 5.82 Å². The van der Waals surface area contributed by atoms with Crippen molar-refractivity contribution in [1.29, 1.82) is 0 Å². The van der Waals surface area contributed by atoms with Gasteiger partial charge in [-0.05, 0) is 50.1 Å². The fourth-order valence-corrected chi connectivity index (χ4v) is 3.52. The van der Waals surface area contributed by atoms with Gasteiger partial charge >= 0.3 is 0 Å². The van der Waals surface area contributed by atoms with Crippen molar-refractivity contribution in [2.45, 2.75) is 20.8 Å². The standard InChI is InChI=1S/C26H26N4O3/c1-16-9-11-19(12-10-16)25-28-24(29-30(25)22-8-6-7-17(2)18(22)3)26(31)27-21-15-20(32-4)13-14-23(21)33-5/h6-15H,1-5H3,(H,27,31). The number of carbonyl (C=O) groups excluding carboxylic acids is 1. The first-order valence-electron chi connectivity index (χ1n) is 10.6. The minimum absolute atomic E-state index is 0.0522. The van der Waals surface area contributed by atoms with Crippen molar-refractivity contribution in [3.63, 3.8) is 0 Å². The summed E-state index contributed by atoms with van der Waals surface area (Å²) in [6, 6.07) is 19.2. The minimum Gasteiger partial charge on any atom is -0.497 e. The summed E-state index contributed by atoms with van der Waals surface area (Å²) in [4.78, 5) is 17.8. The average molecular weight is 443 g/mol. The Morgan fingerprint density at radius 3 is 2.39 bits per heavy atom. The van der Waals surface area contributed by atoms with Crippen LogP contribution in [0.4, 0.5) is 5.69 Å². The van der Waals surface area contributed by atoms with Crippen molar-refractivity contribution in [3.05, 3.63) is 83.2 Å². The number of methoxy groups -OCH3 is 2. The van der Waals surface area contributed by atoms with E-state index in [0.29, 0.717) is 23.0 Å². The Morgan fingerprint density at radius 2 is 1.70 bits per heavy atom. The van der Waals surface area contributed by atoms with Crippen LogP contribution in [0.2, 0.25) is 0 Å². The summed E-state index contributed by atoms with van der Waals surface area (Å²) >= 11 is 0. The summed E-state index contributed by atoms with van der Waals surface area (Å²) in [5, 5.41) is 7.45. The molecule has 0 bridgehead atoms. The van der Waals surface area contributed by atoms with Crippen molar-refractivity contribution < 1.29 is 14.3 Å². The quantitative estimate of drug-likeness (QED) is 0.448. The molecule has 1 aromatic heterocycles. The number of carbonyl (C=O) groups is 1. The molecule has 1 amide bonds. The van der Waals surface area contributed by atoms with Crippen LogP contribution < -0.4 is 14.8 Å². The van der Waals surface area contributed by atoms with E-state index in [1.807, 2.05) is 63.2 Å². The van der Waals surface area contributed by atoms with Crippen molar-refractivity contribution in [1.82, 2.24) is 14.8 Å². The molecule has 0 spiro atoms. The summed E-state index contributed by atoms with van der Waals surface area (Å²) in [5.41, 5.74) is 5.55. The maximum atomic E-state index is 13.2. The molecule has 0 aliphatic carbocycles. The molecule has 0 aliphatic rings. The molecule has 0 aliphatic heterocycles. The molecule has 33 heavy (non-hydrogen) atoms. The number of aryl methyl sites for hydroxylation is 2. The lowest BCUT2D eigenvalue weighted by molar-refractivity contribution is 0.101. The van der Waals surface area contributed by atoms with E-state index in [-0.39, 0.29) is 5.82 Å². The van der Waals surface area contributed by atoms with Crippen LogP contribution in [-0.2, 0) is 0 Å². The van der Waals surface area contributed by atoms with Gasteiger partial charge < -0.3 is 14.8 Å². The number of rotatable bonds is 6. The van der Waals surface area contributed by atoms with Gasteiger partial charge in [0.25, 0.3) is 5.91 Å². The highest BCUT2D eigenvalue weighted by Crippen LogP contribution is 2.30. The van der Waals surface area contributed by atoms with E-state index >= 15 is 0 Å². The van der Waals surface area contributed by atoms with Gasteiger partial charge in [0.1, 0.15) is 11.5 Å². The summed E-state index contributed by atoms with van der Waals surface area (Å²) in [6.07, 6.45) is 0. The van der Waals surface area contributed by atoms with Crippen LogP contribution in [0.1, 0.15) is 27.3 Å². The fraction of sp³-hybridized carbons (Fsp3) is 0.192. The van der Waals surface area contributed by atoms with Crippen LogP contribution in [0.3, 0.4) is 0 Å². The Morgan fingerprint density at radius 1 is 0.939 bits per heavy atom. The van der Waals surface area contributed by atoms with E-state index in [2.05, 4.69) is 15.4 Å². The predicted octanol–water partition coefficient (Wildman–Crippen LogP) is 5.13. The predicted molar refractivity (Wildman–Crippen MR) is 129 cm³/mol. The molecule has 1 heterocycles. The molecule has 0 saturated heterocycles. The van der Waals surface area contributed by atoms with Crippen molar-refractivity contribution in [2.75, 3.05) is 19.5 Å². The maximum Gasteiger partial charge on any atom is 0.295 e. The molecule has 0 atom stereocenters. The summed E-state index contributed by atoms with van der Waals surface area (Å²) < 4.78 is 12.4. The molecule has 168 valence electrons. The van der Waals surface area contributed by atoms with Gasteiger partial charge in [-0.15, -0.1) is 5.10 Å². The first kappa shape index (κ1) is 22.1. The van der Waals surface area contributed by atoms with E-state index in [4.69, 9.17) is 9.47 Å². The van der Waals surface area contributed by atoms with Crippen molar-refractivity contribution in [3.8, 4) is 28.6 Å². The summed E-state index contributed by atoms with van der Waals surface area (Å²) in [6.45, 7) is 6.11. The Kier molecular flexibility index (Phi) is 6.13. The van der Waals surface area contributed by atoms with Gasteiger partial charge in [0.15, 0.2) is 5.82 Å². The van der Waals surface area contributed by atoms with Crippen LogP contribution in [0.15, 0.2) is 60.7 Å². The number of hydrogen-bond acceptors (Lipinski definition) is 5. The Bertz CT molecular complexity index is 1310. The van der Waals surface area contributed by atoms with E-state index in [0.717, 1.165) is 27.9 Å². The van der Waals surface area contributed by atoms with E-state index in [1.165, 1.54) is 0 Å². The minimum atomic E-state index is -0.445. The van der Waals surface area contributed by atoms with Gasteiger partial charge in [-0.3, -0.25) is 4.79 Å². The lowest BCUT2D eigenvalue weighted by atomic mass is 10.1. The van der Waals surface area contributed by atoms with Gasteiger partial charge in [0.05, 0.1) is 25.6 Å². The number of nitrogens with zero attached hydrogens (tertiary/aromatic N) is 3. The largest absolute Gasteiger partial charge is 0.497 e. The first-order chi connectivity index (χ1) is 15.9. The third-order valence-electron chi connectivity index (χ3n) is 5.58. The van der Waals surface area contributed by atoms with Gasteiger partial charge in [-0.1, -0.05) is 42.0 Å². The highest BCUT2D eigenvalue weighted by Gasteiger charge is 2.21. The normalized spacial score (nSPS) is 10.7. The molecular weight excluding hydrogens is 416 g/mol. The maximum absolute atomic E-state index is 13.2. The van der Waals surface area contributed by atoms with Gasteiger partial charge in [-0.2, -0.15) is 0 Å². The average Bonchev–Trinajstić information content (AvgIpc) is 3.26. The molecule has 4 rings (SSSR count). The second-order valence-corrected chi connectivity index (χ2v) is 7.78. The third kappa shape index (κ3) is 4.43. The summed E-state index contributed by atoms with van der Waals surface area (Å²) in [7, 11) is 3.11. The Labute approximate surface area is 193 Å². The fourth-order valence-electron chi connectivity index (χ4n) is 3.52. The van der Waals surface area contributed by atoms with Crippen molar-refractivity contribution >= 4 is 11.6 Å². The van der Waals surface area contributed by atoms with Crippen molar-refractivity contribution in [2.24, 2.45) is 0 Å². The lowest BCUT2D eigenvalue weighted by Gasteiger charge is -2.11. The number of amides is 1. The Balaban J connectivity index is 1.79. The zero-order chi connectivity index (χ0) is 23.5. The molecule has 0 fully saturated rings. The molecular formula is C26H26N4O3. The lowest BCUT2D eigenvalue weighted by Crippen LogP contribution is -2.15. The number of hydrogen-bond donors (Lipinski definition) is 1.